The van der Waals surface area contributed by atoms with E-state index in [1.807, 2.05) is 0 Å². The zero-order valence-corrected chi connectivity index (χ0v) is 14.3. The highest BCUT2D eigenvalue weighted by Gasteiger charge is 2.32. The Hall–Kier alpha value is -3.37. The minimum absolute atomic E-state index is 0.314. The van der Waals surface area contributed by atoms with Crippen molar-refractivity contribution in [2.75, 3.05) is 11.4 Å². The molecule has 28 heavy (non-hydrogen) atoms. The third-order valence-corrected chi connectivity index (χ3v) is 4.19. The van der Waals surface area contributed by atoms with E-state index >= 15 is 0 Å². The van der Waals surface area contributed by atoms with Gasteiger partial charge >= 0.3 is 6.36 Å². The number of hydrogen-bond donors (Lipinski definition) is 0. The summed E-state index contributed by atoms with van der Waals surface area (Å²) in [6, 6.07) is 5.72. The van der Waals surface area contributed by atoms with E-state index in [-0.39, 0.29) is 11.4 Å². The zero-order valence-electron chi connectivity index (χ0n) is 14.3. The van der Waals surface area contributed by atoms with E-state index < -0.39 is 29.3 Å². The third-order valence-electron chi connectivity index (χ3n) is 4.19. The van der Waals surface area contributed by atoms with Gasteiger partial charge in [-0.05, 0) is 36.6 Å². The molecule has 1 aromatic carbocycles. The SMILES string of the molecule is O=C(Cn1cc([N+](=O)[O-])ccc1=O)N1CCCc2cc(OC(F)(F)F)ccc21. The molecular weight excluding hydrogens is 383 g/mol. The van der Waals surface area contributed by atoms with Gasteiger partial charge in [0.25, 0.3) is 11.2 Å². The normalized spacial score (nSPS) is 13.8. The van der Waals surface area contributed by atoms with E-state index in [9.17, 15) is 32.9 Å². The standard InChI is InChI=1S/C17H14F3N3O5/c18-17(19,20)28-13-4-5-14-11(8-13)2-1-7-22(14)16(25)10-21-9-12(23(26)27)3-6-15(21)24/h3-6,8-9H,1-2,7,10H2. The van der Waals surface area contributed by atoms with Gasteiger partial charge in [-0.1, -0.05) is 0 Å². The molecule has 0 spiro atoms. The van der Waals surface area contributed by atoms with Crippen LogP contribution in [0.4, 0.5) is 24.5 Å². The molecule has 3 rings (SSSR count). The van der Waals surface area contributed by atoms with Gasteiger partial charge in [0, 0.05) is 24.4 Å². The molecule has 1 aliphatic rings. The van der Waals surface area contributed by atoms with Crippen LogP contribution in [0.1, 0.15) is 12.0 Å². The maximum absolute atomic E-state index is 12.7. The minimum atomic E-state index is -4.82. The van der Waals surface area contributed by atoms with Crippen molar-refractivity contribution in [3.8, 4) is 5.75 Å². The monoisotopic (exact) mass is 397 g/mol. The van der Waals surface area contributed by atoms with E-state index in [1.54, 1.807) is 0 Å². The van der Waals surface area contributed by atoms with Gasteiger partial charge in [0.15, 0.2) is 0 Å². The van der Waals surface area contributed by atoms with Crippen molar-refractivity contribution in [3.05, 3.63) is 62.6 Å². The lowest BCUT2D eigenvalue weighted by Crippen LogP contribution is -2.39. The Labute approximate surface area is 155 Å². The molecule has 11 heteroatoms. The van der Waals surface area contributed by atoms with Gasteiger partial charge in [0.05, 0.1) is 11.1 Å². The summed E-state index contributed by atoms with van der Waals surface area (Å²) in [5, 5.41) is 10.8. The summed E-state index contributed by atoms with van der Waals surface area (Å²) in [7, 11) is 0. The van der Waals surface area contributed by atoms with Crippen molar-refractivity contribution < 1.29 is 27.6 Å². The Kier molecular flexibility index (Phi) is 5.08. The average molecular weight is 397 g/mol. The molecule has 0 saturated carbocycles. The average Bonchev–Trinajstić information content (AvgIpc) is 2.61. The van der Waals surface area contributed by atoms with Crippen LogP contribution in [0.3, 0.4) is 0 Å². The number of pyridine rings is 1. The highest BCUT2D eigenvalue weighted by Crippen LogP contribution is 2.32. The van der Waals surface area contributed by atoms with Gasteiger partial charge in [0.1, 0.15) is 12.3 Å². The number of alkyl halides is 3. The number of fused-ring (bicyclic) bond motifs is 1. The fourth-order valence-electron chi connectivity index (χ4n) is 3.01. The molecule has 0 saturated heterocycles. The number of aryl methyl sites for hydroxylation is 1. The van der Waals surface area contributed by atoms with Crippen molar-refractivity contribution in [3.63, 3.8) is 0 Å². The number of hydrogen-bond acceptors (Lipinski definition) is 5. The molecular formula is C17H14F3N3O5. The lowest BCUT2D eigenvalue weighted by Gasteiger charge is -2.30. The summed E-state index contributed by atoms with van der Waals surface area (Å²) in [6.45, 7) is -0.115. The molecule has 2 heterocycles. The lowest BCUT2D eigenvalue weighted by atomic mass is 10.0. The fourth-order valence-corrected chi connectivity index (χ4v) is 3.01. The first-order chi connectivity index (χ1) is 13.1. The first-order valence-corrected chi connectivity index (χ1v) is 8.18. The van der Waals surface area contributed by atoms with Crippen LogP contribution in [0.25, 0.3) is 0 Å². The van der Waals surface area contributed by atoms with E-state index in [4.69, 9.17) is 0 Å². The number of ether oxygens (including phenoxy) is 1. The lowest BCUT2D eigenvalue weighted by molar-refractivity contribution is -0.385. The largest absolute Gasteiger partial charge is 0.573 e. The van der Waals surface area contributed by atoms with Crippen molar-refractivity contribution in [1.29, 1.82) is 0 Å². The van der Waals surface area contributed by atoms with Crippen molar-refractivity contribution in [1.82, 2.24) is 4.57 Å². The topological polar surface area (TPSA) is 94.7 Å². The highest BCUT2D eigenvalue weighted by atomic mass is 19.4. The maximum atomic E-state index is 12.7. The Morgan fingerprint density at radius 1 is 1.25 bits per heavy atom. The molecule has 0 N–H and O–H groups in total. The van der Waals surface area contributed by atoms with Gasteiger partial charge in [-0.25, -0.2) is 0 Å². The Bertz CT molecular complexity index is 987. The fraction of sp³-hybridized carbons (Fsp3) is 0.294. The minimum Gasteiger partial charge on any atom is -0.406 e. The number of benzene rings is 1. The number of carbonyl (C=O) groups excluding carboxylic acids is 1. The number of anilines is 1. The number of halogens is 3. The number of aromatic nitrogens is 1. The van der Waals surface area contributed by atoms with Crippen molar-refractivity contribution in [2.24, 2.45) is 0 Å². The number of rotatable bonds is 4. The van der Waals surface area contributed by atoms with Crippen LogP contribution in [-0.2, 0) is 17.8 Å². The van der Waals surface area contributed by atoms with Gasteiger partial charge in [-0.2, -0.15) is 0 Å². The number of nitro groups is 1. The first-order valence-electron chi connectivity index (χ1n) is 8.18. The Morgan fingerprint density at radius 2 is 2.00 bits per heavy atom. The predicted molar refractivity (Wildman–Crippen MR) is 91.2 cm³/mol. The predicted octanol–water partition coefficient (Wildman–Crippen LogP) is 2.63. The third kappa shape index (κ3) is 4.30. The molecule has 0 aliphatic carbocycles. The second-order valence-corrected chi connectivity index (χ2v) is 6.10. The Morgan fingerprint density at radius 3 is 2.68 bits per heavy atom. The molecule has 0 fully saturated rings. The summed E-state index contributed by atoms with van der Waals surface area (Å²) in [5.41, 5.74) is 0.0162. The molecule has 8 nitrogen and oxygen atoms in total. The van der Waals surface area contributed by atoms with Crippen LogP contribution in [0.5, 0.6) is 5.75 Å². The van der Waals surface area contributed by atoms with Gasteiger partial charge < -0.3 is 9.64 Å². The molecule has 1 aromatic heterocycles. The highest BCUT2D eigenvalue weighted by molar-refractivity contribution is 5.94. The molecule has 2 aromatic rings. The summed E-state index contributed by atoms with van der Waals surface area (Å²) in [6.07, 6.45) is -2.87. The second-order valence-electron chi connectivity index (χ2n) is 6.10. The van der Waals surface area contributed by atoms with E-state index in [0.717, 1.165) is 29.0 Å². The number of nitrogens with zero attached hydrogens (tertiary/aromatic N) is 3. The summed E-state index contributed by atoms with van der Waals surface area (Å²) >= 11 is 0. The molecule has 0 bridgehead atoms. The van der Waals surface area contributed by atoms with E-state index in [0.29, 0.717) is 30.6 Å². The molecule has 148 valence electrons. The van der Waals surface area contributed by atoms with Gasteiger partial charge in [-0.3, -0.25) is 24.3 Å². The van der Waals surface area contributed by atoms with Crippen LogP contribution >= 0.6 is 0 Å². The van der Waals surface area contributed by atoms with E-state index in [2.05, 4.69) is 4.74 Å². The van der Waals surface area contributed by atoms with E-state index in [1.165, 1.54) is 17.0 Å². The van der Waals surface area contributed by atoms with Crippen LogP contribution in [-0.4, -0.2) is 28.3 Å². The molecule has 0 atom stereocenters. The second kappa shape index (κ2) is 7.33. The molecule has 0 unspecified atom stereocenters. The first kappa shape index (κ1) is 19.4. The molecule has 1 amide bonds. The zero-order chi connectivity index (χ0) is 20.5. The number of amides is 1. The van der Waals surface area contributed by atoms with Crippen LogP contribution in [0, 0.1) is 10.1 Å². The summed E-state index contributed by atoms with van der Waals surface area (Å²) in [4.78, 5) is 36.1. The summed E-state index contributed by atoms with van der Waals surface area (Å²) < 4.78 is 42.0. The molecule has 1 aliphatic heterocycles. The van der Waals surface area contributed by atoms with Gasteiger partial charge in [-0.15, -0.1) is 13.2 Å². The number of carbonyl (C=O) groups is 1. The van der Waals surface area contributed by atoms with Crippen LogP contribution in [0.15, 0.2) is 41.3 Å². The van der Waals surface area contributed by atoms with Crippen molar-refractivity contribution >= 4 is 17.3 Å². The van der Waals surface area contributed by atoms with Crippen molar-refractivity contribution in [2.45, 2.75) is 25.7 Å². The van der Waals surface area contributed by atoms with Crippen LogP contribution in [0.2, 0.25) is 0 Å². The Balaban J connectivity index is 1.84. The quantitative estimate of drug-likeness (QED) is 0.584. The van der Waals surface area contributed by atoms with Crippen LogP contribution < -0.4 is 15.2 Å². The van der Waals surface area contributed by atoms with Gasteiger partial charge in [0.2, 0.25) is 5.91 Å². The maximum Gasteiger partial charge on any atom is 0.573 e. The summed E-state index contributed by atoms with van der Waals surface area (Å²) in [5.74, 6) is -0.886. The smallest absolute Gasteiger partial charge is 0.406 e. The molecule has 0 radical (unpaired) electrons.